The van der Waals surface area contributed by atoms with Gasteiger partial charge in [-0.15, -0.1) is 11.3 Å². The van der Waals surface area contributed by atoms with E-state index in [0.29, 0.717) is 5.95 Å². The molecule has 0 saturated carbocycles. The largest absolute Gasteiger partial charge is 0.354 e. The molecule has 1 saturated heterocycles. The Kier molecular flexibility index (Phi) is 6.30. The van der Waals surface area contributed by atoms with Crippen molar-refractivity contribution in [3.8, 4) is 16.6 Å². The van der Waals surface area contributed by atoms with Gasteiger partial charge in [-0.1, -0.05) is 12.1 Å². The van der Waals surface area contributed by atoms with Crippen LogP contribution in [0, 0.1) is 11.3 Å². The van der Waals surface area contributed by atoms with Crippen molar-refractivity contribution in [3.63, 3.8) is 0 Å². The first kappa shape index (κ1) is 19.7. The van der Waals surface area contributed by atoms with E-state index >= 15 is 0 Å². The van der Waals surface area contributed by atoms with Crippen molar-refractivity contribution in [2.24, 2.45) is 0 Å². The van der Waals surface area contributed by atoms with E-state index in [0.717, 1.165) is 72.2 Å². The zero-order valence-corrected chi connectivity index (χ0v) is 17.5. The van der Waals surface area contributed by atoms with E-state index < -0.39 is 0 Å². The van der Waals surface area contributed by atoms with Crippen LogP contribution in [0.1, 0.15) is 12.1 Å². The van der Waals surface area contributed by atoms with Gasteiger partial charge in [0.15, 0.2) is 0 Å². The number of hydrogen-bond donors (Lipinski definition) is 1. The van der Waals surface area contributed by atoms with Crippen molar-refractivity contribution >= 4 is 27.5 Å². The van der Waals surface area contributed by atoms with E-state index in [1.807, 2.05) is 18.2 Å². The first-order valence-electron chi connectivity index (χ1n) is 9.96. The van der Waals surface area contributed by atoms with Crippen LogP contribution in [0.5, 0.6) is 0 Å². The monoisotopic (exact) mass is 407 g/mol. The maximum absolute atomic E-state index is 9.24. The summed E-state index contributed by atoms with van der Waals surface area (Å²) in [6.45, 7) is 6.45. The summed E-state index contributed by atoms with van der Waals surface area (Å²) < 4.78 is 1.12. The number of anilines is 1. The third kappa shape index (κ3) is 4.88. The average molecular weight is 408 g/mol. The van der Waals surface area contributed by atoms with Crippen molar-refractivity contribution in [2.75, 3.05) is 51.6 Å². The third-order valence-corrected chi connectivity index (χ3v) is 6.24. The number of hydrogen-bond acceptors (Lipinski definition) is 8. The van der Waals surface area contributed by atoms with Gasteiger partial charge >= 0.3 is 0 Å². The van der Waals surface area contributed by atoms with Crippen molar-refractivity contribution < 1.29 is 0 Å². The molecular weight excluding hydrogens is 382 g/mol. The Hall–Kier alpha value is -2.60. The van der Waals surface area contributed by atoms with E-state index in [2.05, 4.69) is 49.3 Å². The normalized spacial score (nSPS) is 15.4. The molecule has 1 aliphatic rings. The summed E-state index contributed by atoms with van der Waals surface area (Å²) in [6.07, 6.45) is 3.07. The molecule has 3 heterocycles. The average Bonchev–Trinajstić information content (AvgIpc) is 3.17. The van der Waals surface area contributed by atoms with Crippen molar-refractivity contribution in [3.05, 3.63) is 36.2 Å². The number of para-hydroxylation sites is 1. The van der Waals surface area contributed by atoms with E-state index in [-0.39, 0.29) is 6.42 Å². The fourth-order valence-electron chi connectivity index (χ4n) is 3.45. The summed E-state index contributed by atoms with van der Waals surface area (Å²) in [5, 5.41) is 13.4. The number of nitrogens with zero attached hydrogens (tertiary/aromatic N) is 6. The Bertz CT molecular complexity index is 969. The Morgan fingerprint density at radius 2 is 2.00 bits per heavy atom. The second kappa shape index (κ2) is 9.27. The van der Waals surface area contributed by atoms with Crippen LogP contribution in [-0.2, 0) is 6.42 Å². The number of piperazine rings is 1. The molecule has 8 heteroatoms. The molecule has 4 rings (SSSR count). The molecule has 29 heavy (non-hydrogen) atoms. The van der Waals surface area contributed by atoms with Crippen molar-refractivity contribution in [2.45, 2.75) is 12.8 Å². The van der Waals surface area contributed by atoms with Crippen LogP contribution in [-0.4, -0.2) is 71.1 Å². The van der Waals surface area contributed by atoms with Crippen LogP contribution >= 0.6 is 11.3 Å². The smallest absolute Gasteiger partial charge is 0.222 e. The van der Waals surface area contributed by atoms with Gasteiger partial charge in [-0.2, -0.15) is 5.26 Å². The van der Waals surface area contributed by atoms with E-state index in [1.54, 1.807) is 17.5 Å². The highest BCUT2D eigenvalue weighted by atomic mass is 32.1. The first-order valence-corrected chi connectivity index (χ1v) is 10.8. The molecule has 2 aromatic heterocycles. The summed E-state index contributed by atoms with van der Waals surface area (Å²) in [4.78, 5) is 18.6. The minimum Gasteiger partial charge on any atom is -0.354 e. The maximum Gasteiger partial charge on any atom is 0.222 e. The Balaban J connectivity index is 1.40. The second-order valence-electron chi connectivity index (χ2n) is 7.30. The van der Waals surface area contributed by atoms with Gasteiger partial charge in [-0.3, -0.25) is 0 Å². The van der Waals surface area contributed by atoms with Gasteiger partial charge in [-0.05, 0) is 32.1 Å². The number of nitrogens with one attached hydrogen (secondary N) is 1. The summed E-state index contributed by atoms with van der Waals surface area (Å²) in [7, 11) is 2.17. The van der Waals surface area contributed by atoms with E-state index in [9.17, 15) is 5.26 Å². The predicted molar refractivity (Wildman–Crippen MR) is 117 cm³/mol. The minimum absolute atomic E-state index is 0.240. The molecule has 1 aromatic carbocycles. The number of benzene rings is 1. The van der Waals surface area contributed by atoms with Gasteiger partial charge in [0.2, 0.25) is 5.95 Å². The SMILES string of the molecule is CN1CCN(CCCNc2ncc(-c3nc4ccccc4s3)c(CC#N)n2)CC1. The number of likely N-dealkylation sites (N-methyl/N-ethyl adjacent to an activating group) is 1. The second-order valence-corrected chi connectivity index (χ2v) is 8.33. The molecule has 0 atom stereocenters. The molecule has 0 bridgehead atoms. The molecule has 3 aromatic rings. The number of fused-ring (bicyclic) bond motifs is 1. The van der Waals surface area contributed by atoms with E-state index in [4.69, 9.17) is 0 Å². The molecule has 0 unspecified atom stereocenters. The fourth-order valence-corrected chi connectivity index (χ4v) is 4.45. The minimum atomic E-state index is 0.240. The molecule has 0 amide bonds. The Morgan fingerprint density at radius 1 is 1.17 bits per heavy atom. The van der Waals surface area contributed by atoms with Crippen molar-refractivity contribution in [1.29, 1.82) is 5.26 Å². The number of nitriles is 1. The van der Waals surface area contributed by atoms with Gasteiger partial charge in [0.05, 0.1) is 34.0 Å². The number of rotatable bonds is 7. The molecule has 0 aliphatic carbocycles. The summed E-state index contributed by atoms with van der Waals surface area (Å²) in [6, 6.07) is 10.3. The maximum atomic E-state index is 9.24. The zero-order valence-electron chi connectivity index (χ0n) is 16.6. The molecule has 1 aliphatic heterocycles. The Labute approximate surface area is 175 Å². The van der Waals surface area contributed by atoms with Crippen LogP contribution in [0.2, 0.25) is 0 Å². The molecule has 7 nitrogen and oxygen atoms in total. The summed E-state index contributed by atoms with van der Waals surface area (Å²) in [5.41, 5.74) is 2.53. The van der Waals surface area contributed by atoms with Crippen LogP contribution in [0.3, 0.4) is 0 Å². The zero-order chi connectivity index (χ0) is 20.1. The molecule has 1 fully saturated rings. The fraction of sp³-hybridized carbons (Fsp3) is 0.429. The van der Waals surface area contributed by atoms with Gasteiger partial charge in [0, 0.05) is 38.9 Å². The topological polar surface area (TPSA) is 81.0 Å². The van der Waals surface area contributed by atoms with Crippen LogP contribution in [0.15, 0.2) is 30.5 Å². The van der Waals surface area contributed by atoms with Gasteiger partial charge in [-0.25, -0.2) is 15.0 Å². The highest BCUT2D eigenvalue weighted by Crippen LogP contribution is 2.31. The lowest BCUT2D eigenvalue weighted by atomic mass is 10.2. The lowest BCUT2D eigenvalue weighted by Gasteiger charge is -2.32. The van der Waals surface area contributed by atoms with E-state index in [1.165, 1.54) is 0 Å². The molecule has 0 spiro atoms. The summed E-state index contributed by atoms with van der Waals surface area (Å²) in [5.74, 6) is 0.582. The van der Waals surface area contributed by atoms with Gasteiger partial charge in [0.25, 0.3) is 0 Å². The predicted octanol–water partition coefficient (Wildman–Crippen LogP) is 2.87. The number of aromatic nitrogens is 3. The summed E-state index contributed by atoms with van der Waals surface area (Å²) >= 11 is 1.60. The van der Waals surface area contributed by atoms with Crippen molar-refractivity contribution in [1.82, 2.24) is 24.8 Å². The molecule has 1 N–H and O–H groups in total. The van der Waals surface area contributed by atoms with Crippen LogP contribution in [0.4, 0.5) is 5.95 Å². The lowest BCUT2D eigenvalue weighted by Crippen LogP contribution is -2.44. The molecule has 0 radical (unpaired) electrons. The Morgan fingerprint density at radius 3 is 2.79 bits per heavy atom. The third-order valence-electron chi connectivity index (χ3n) is 5.17. The highest BCUT2D eigenvalue weighted by molar-refractivity contribution is 7.21. The lowest BCUT2D eigenvalue weighted by molar-refractivity contribution is 0.154. The highest BCUT2D eigenvalue weighted by Gasteiger charge is 2.15. The quantitative estimate of drug-likeness (QED) is 0.603. The van der Waals surface area contributed by atoms with Gasteiger partial charge < -0.3 is 15.1 Å². The molecular formula is C21H25N7S. The van der Waals surface area contributed by atoms with Crippen LogP contribution < -0.4 is 5.32 Å². The first-order chi connectivity index (χ1) is 14.2. The van der Waals surface area contributed by atoms with Gasteiger partial charge in [0.1, 0.15) is 5.01 Å². The standard InChI is InChI=1S/C21H25N7S/c1-27-11-13-28(14-12-27)10-4-9-23-21-24-15-16(17(26-21)7-8-22)20-25-18-5-2-3-6-19(18)29-20/h2-3,5-6,15H,4,7,9-14H2,1H3,(H,23,24,26). The molecule has 150 valence electrons. The number of thiazole rings is 1. The van der Waals surface area contributed by atoms with Crippen LogP contribution in [0.25, 0.3) is 20.8 Å².